The van der Waals surface area contributed by atoms with E-state index < -0.39 is 6.10 Å². The van der Waals surface area contributed by atoms with E-state index in [1.54, 1.807) is 12.4 Å². The van der Waals surface area contributed by atoms with Crippen molar-refractivity contribution in [1.82, 2.24) is 20.1 Å². The smallest absolute Gasteiger partial charge is 0.166 e. The van der Waals surface area contributed by atoms with Crippen molar-refractivity contribution in [1.29, 1.82) is 5.26 Å². The summed E-state index contributed by atoms with van der Waals surface area (Å²) in [5, 5.41) is 17.4. The van der Waals surface area contributed by atoms with Crippen molar-refractivity contribution in [2.45, 2.75) is 13.0 Å². The Morgan fingerprint density at radius 3 is 2.70 bits per heavy atom. The molecule has 4 heterocycles. The van der Waals surface area contributed by atoms with Gasteiger partial charge in [0.1, 0.15) is 18.1 Å². The van der Waals surface area contributed by atoms with Gasteiger partial charge in [0.25, 0.3) is 0 Å². The summed E-state index contributed by atoms with van der Waals surface area (Å²) < 4.78 is 25.2. The Hall–Kier alpha value is -4.22. The number of aromatic amines is 1. The van der Waals surface area contributed by atoms with E-state index in [9.17, 15) is 9.65 Å². The standard InChI is InChI=1S/C29H26FN5O2/c1-18-23-7-9-25-24(15-33-34-25)28(23)37-29(27(18)21-4-2-19(13-31)3-5-21)26-8-6-22(14-32-26)36-11-10-35-16-20(12-30)17-35/h2-9,14-15,20,29H,10-12,16-17H2,1H3,(H,33,34). The molecule has 37 heavy (non-hydrogen) atoms. The summed E-state index contributed by atoms with van der Waals surface area (Å²) in [6.45, 7) is 4.74. The van der Waals surface area contributed by atoms with Crippen LogP contribution in [0.2, 0.25) is 0 Å². The molecule has 0 aliphatic carbocycles. The van der Waals surface area contributed by atoms with Crippen LogP contribution in [0, 0.1) is 17.2 Å². The second kappa shape index (κ2) is 9.68. The van der Waals surface area contributed by atoms with Crippen molar-refractivity contribution in [3.63, 3.8) is 0 Å². The van der Waals surface area contributed by atoms with Crippen LogP contribution in [0.5, 0.6) is 11.5 Å². The largest absolute Gasteiger partial charge is 0.491 e. The molecule has 1 atom stereocenters. The molecule has 1 saturated heterocycles. The topological polar surface area (TPSA) is 87.1 Å². The Kier molecular flexibility index (Phi) is 6.07. The summed E-state index contributed by atoms with van der Waals surface area (Å²) >= 11 is 0. The molecule has 1 N–H and O–H groups in total. The quantitative estimate of drug-likeness (QED) is 0.380. The summed E-state index contributed by atoms with van der Waals surface area (Å²) in [5.74, 6) is 1.63. The monoisotopic (exact) mass is 495 g/mol. The zero-order chi connectivity index (χ0) is 25.4. The Balaban J connectivity index is 1.30. The number of H-pyrrole nitrogens is 1. The van der Waals surface area contributed by atoms with E-state index in [0.717, 1.165) is 64.3 Å². The number of hydrogen-bond donors (Lipinski definition) is 1. The summed E-state index contributed by atoms with van der Waals surface area (Å²) in [5.41, 5.74) is 6.33. The Morgan fingerprint density at radius 1 is 1.14 bits per heavy atom. The first-order valence-corrected chi connectivity index (χ1v) is 12.4. The molecule has 1 unspecified atom stereocenters. The predicted octanol–water partition coefficient (Wildman–Crippen LogP) is 5.17. The molecular formula is C29H26FN5O2. The number of benzene rings is 2. The van der Waals surface area contributed by atoms with E-state index in [1.165, 1.54) is 0 Å². The maximum atomic E-state index is 12.6. The lowest BCUT2D eigenvalue weighted by molar-refractivity contribution is 0.0668. The molecule has 186 valence electrons. The number of likely N-dealkylation sites (tertiary alicyclic amines) is 1. The lowest BCUT2D eigenvalue weighted by Gasteiger charge is -2.37. The maximum Gasteiger partial charge on any atom is 0.166 e. The SMILES string of the molecule is CC1=C(c2ccc(C#N)cc2)C(c2ccc(OCCN3CC(CF)C3)cn2)Oc2c1ccc1[nH]ncc21. The number of allylic oxidation sites excluding steroid dienone is 1. The zero-order valence-electron chi connectivity index (χ0n) is 20.4. The van der Waals surface area contributed by atoms with Gasteiger partial charge in [-0.15, -0.1) is 0 Å². The van der Waals surface area contributed by atoms with Crippen molar-refractivity contribution in [3.05, 3.63) is 83.3 Å². The molecular weight excluding hydrogens is 469 g/mol. The van der Waals surface area contributed by atoms with Gasteiger partial charge in [-0.1, -0.05) is 12.1 Å². The van der Waals surface area contributed by atoms with Crippen LogP contribution in [-0.4, -0.2) is 53.0 Å². The van der Waals surface area contributed by atoms with Gasteiger partial charge in [0.15, 0.2) is 6.10 Å². The van der Waals surface area contributed by atoms with E-state index in [0.29, 0.717) is 17.9 Å². The van der Waals surface area contributed by atoms with Crippen LogP contribution in [0.25, 0.3) is 22.0 Å². The number of nitriles is 1. The Morgan fingerprint density at radius 2 is 1.97 bits per heavy atom. The Labute approximate surface area is 214 Å². The third-order valence-electron chi connectivity index (χ3n) is 7.16. The molecule has 2 aliphatic rings. The van der Waals surface area contributed by atoms with Gasteiger partial charge in [-0.25, -0.2) is 0 Å². The highest BCUT2D eigenvalue weighted by Gasteiger charge is 2.32. The highest BCUT2D eigenvalue weighted by Crippen LogP contribution is 2.48. The predicted molar refractivity (Wildman–Crippen MR) is 139 cm³/mol. The van der Waals surface area contributed by atoms with Gasteiger partial charge >= 0.3 is 0 Å². The molecule has 1 fully saturated rings. The van der Waals surface area contributed by atoms with E-state index in [2.05, 4.69) is 28.1 Å². The second-order valence-corrected chi connectivity index (χ2v) is 9.55. The van der Waals surface area contributed by atoms with Crippen LogP contribution in [0.4, 0.5) is 4.39 Å². The van der Waals surface area contributed by atoms with Crippen LogP contribution in [-0.2, 0) is 0 Å². The number of aromatic nitrogens is 3. The van der Waals surface area contributed by atoms with Gasteiger partial charge in [0.05, 0.1) is 47.3 Å². The van der Waals surface area contributed by atoms with Crippen molar-refractivity contribution < 1.29 is 13.9 Å². The molecule has 0 saturated carbocycles. The fraction of sp³-hybridized carbons (Fsp3) is 0.276. The van der Waals surface area contributed by atoms with Crippen molar-refractivity contribution in [2.24, 2.45) is 5.92 Å². The minimum atomic E-state index is -0.450. The maximum absolute atomic E-state index is 12.6. The zero-order valence-corrected chi connectivity index (χ0v) is 20.4. The summed E-state index contributed by atoms with van der Waals surface area (Å²) in [6, 6.07) is 17.6. The summed E-state index contributed by atoms with van der Waals surface area (Å²) in [6.07, 6.45) is 3.05. The van der Waals surface area contributed by atoms with Crippen LogP contribution in [0.1, 0.15) is 35.4 Å². The number of fused-ring (bicyclic) bond motifs is 3. The number of rotatable bonds is 7. The van der Waals surface area contributed by atoms with Crippen LogP contribution < -0.4 is 9.47 Å². The van der Waals surface area contributed by atoms with Gasteiger partial charge in [-0.05, 0) is 54.5 Å². The van der Waals surface area contributed by atoms with Gasteiger partial charge in [-0.2, -0.15) is 10.4 Å². The minimum absolute atomic E-state index is 0.173. The molecule has 2 aromatic carbocycles. The van der Waals surface area contributed by atoms with Gasteiger partial charge in [0.2, 0.25) is 0 Å². The third kappa shape index (κ3) is 4.32. The molecule has 2 aromatic heterocycles. The van der Waals surface area contributed by atoms with E-state index >= 15 is 0 Å². The lowest BCUT2D eigenvalue weighted by Crippen LogP contribution is -2.49. The second-order valence-electron chi connectivity index (χ2n) is 9.55. The first-order chi connectivity index (χ1) is 18.1. The van der Waals surface area contributed by atoms with Crippen molar-refractivity contribution in [3.8, 4) is 17.6 Å². The highest BCUT2D eigenvalue weighted by molar-refractivity contribution is 6.00. The first kappa shape index (κ1) is 23.2. The van der Waals surface area contributed by atoms with Gasteiger partial charge < -0.3 is 9.47 Å². The number of nitrogens with zero attached hydrogens (tertiary/aromatic N) is 4. The van der Waals surface area contributed by atoms with E-state index in [4.69, 9.17) is 14.5 Å². The van der Waals surface area contributed by atoms with Gasteiger partial charge in [0, 0.05) is 36.7 Å². The number of alkyl halides is 1. The fourth-order valence-electron chi connectivity index (χ4n) is 5.11. The highest BCUT2D eigenvalue weighted by atomic mass is 19.1. The Bertz CT molecular complexity index is 1500. The average Bonchev–Trinajstić information content (AvgIpc) is 3.40. The fourth-order valence-corrected chi connectivity index (χ4v) is 5.11. The number of pyridine rings is 1. The van der Waals surface area contributed by atoms with Crippen molar-refractivity contribution >= 4 is 22.0 Å². The molecule has 0 amide bonds. The molecule has 0 radical (unpaired) electrons. The number of ether oxygens (including phenoxy) is 2. The van der Waals surface area contributed by atoms with Crippen LogP contribution in [0.3, 0.4) is 0 Å². The van der Waals surface area contributed by atoms with Crippen LogP contribution >= 0.6 is 0 Å². The molecule has 0 bridgehead atoms. The van der Waals surface area contributed by atoms with Crippen LogP contribution in [0.15, 0.2) is 60.9 Å². The van der Waals surface area contributed by atoms with E-state index in [1.807, 2.05) is 48.5 Å². The summed E-state index contributed by atoms with van der Waals surface area (Å²) in [7, 11) is 0. The molecule has 8 heteroatoms. The third-order valence-corrected chi connectivity index (χ3v) is 7.16. The molecule has 6 rings (SSSR count). The number of halogens is 1. The molecule has 7 nitrogen and oxygen atoms in total. The number of hydrogen-bond acceptors (Lipinski definition) is 6. The van der Waals surface area contributed by atoms with E-state index in [-0.39, 0.29) is 12.6 Å². The van der Waals surface area contributed by atoms with Crippen molar-refractivity contribution in [2.75, 3.05) is 32.9 Å². The first-order valence-electron chi connectivity index (χ1n) is 12.4. The minimum Gasteiger partial charge on any atom is -0.491 e. The molecule has 4 aromatic rings. The summed E-state index contributed by atoms with van der Waals surface area (Å²) in [4.78, 5) is 6.91. The molecule has 2 aliphatic heterocycles. The lowest BCUT2D eigenvalue weighted by atomic mass is 9.87. The average molecular weight is 496 g/mol. The normalized spacial score (nSPS) is 17.7. The van der Waals surface area contributed by atoms with Gasteiger partial charge in [-0.3, -0.25) is 19.4 Å². The molecule has 0 spiro atoms. The number of nitrogens with one attached hydrogen (secondary N) is 1.